The van der Waals surface area contributed by atoms with Crippen molar-refractivity contribution in [1.29, 1.82) is 0 Å². The molecule has 6 heteroatoms. The highest BCUT2D eigenvalue weighted by Crippen LogP contribution is 2.12. The first-order valence-electron chi connectivity index (χ1n) is 13.9. The topological polar surface area (TPSA) is 153 Å². The summed E-state index contributed by atoms with van der Waals surface area (Å²) >= 11 is 0. The summed E-state index contributed by atoms with van der Waals surface area (Å²) in [5, 5.41) is 20.3. The summed E-state index contributed by atoms with van der Waals surface area (Å²) in [5.41, 5.74) is 0. The molecule has 0 saturated heterocycles. The molecule has 0 aliphatic heterocycles. The Morgan fingerprint density at radius 3 is 0.735 bits per heavy atom. The van der Waals surface area contributed by atoms with Gasteiger partial charge in [0.1, 0.15) is 0 Å². The van der Waals surface area contributed by atoms with Crippen LogP contribution in [0.1, 0.15) is 168 Å². The Kier molecular flexibility index (Phi) is 42.9. The fraction of sp³-hybridized carbons (Fsp3) is 0.929. The molecule has 0 aromatic heterocycles. The van der Waals surface area contributed by atoms with Gasteiger partial charge in [-0.1, -0.05) is 142 Å². The molecular formula is C28H62N2O4. The van der Waals surface area contributed by atoms with Gasteiger partial charge < -0.3 is 32.1 Å². The van der Waals surface area contributed by atoms with Gasteiger partial charge in [-0.2, -0.15) is 0 Å². The molecular weight excluding hydrogens is 428 g/mol. The average molecular weight is 491 g/mol. The predicted molar refractivity (Wildman–Crippen MR) is 144 cm³/mol. The Labute approximate surface area is 212 Å². The quantitative estimate of drug-likeness (QED) is 0.133. The molecule has 0 bridgehead atoms. The van der Waals surface area contributed by atoms with Crippen LogP contribution in [0.4, 0.5) is 0 Å². The van der Waals surface area contributed by atoms with Crippen molar-refractivity contribution in [3.05, 3.63) is 0 Å². The summed E-state index contributed by atoms with van der Waals surface area (Å²) < 4.78 is 0. The average Bonchev–Trinajstić information content (AvgIpc) is 2.76. The number of carboxylic acids is 2. The van der Waals surface area contributed by atoms with Crippen molar-refractivity contribution < 1.29 is 19.8 Å². The lowest BCUT2D eigenvalue weighted by Gasteiger charge is -2.03. The third kappa shape index (κ3) is 44.5. The molecule has 0 fully saturated rings. The van der Waals surface area contributed by atoms with Gasteiger partial charge in [-0.25, -0.2) is 0 Å². The highest BCUT2D eigenvalue weighted by Gasteiger charge is 1.94. The summed E-state index contributed by atoms with van der Waals surface area (Å²) in [6.07, 6.45) is 28.1. The molecule has 0 rings (SSSR count). The lowest BCUT2D eigenvalue weighted by Crippen LogP contribution is -2.21. The molecule has 34 heavy (non-hydrogen) atoms. The van der Waals surface area contributed by atoms with E-state index >= 15 is 0 Å². The molecule has 0 heterocycles. The van der Waals surface area contributed by atoms with E-state index in [2.05, 4.69) is 13.8 Å². The van der Waals surface area contributed by atoms with Crippen molar-refractivity contribution >= 4 is 11.9 Å². The Morgan fingerprint density at radius 2 is 0.559 bits per heavy atom. The molecule has 0 radical (unpaired) electrons. The summed E-state index contributed by atoms with van der Waals surface area (Å²) in [4.78, 5) is 20.3. The molecule has 208 valence electrons. The Balaban J connectivity index is -0.000000250. The number of carboxylic acid groups (broad SMARTS) is 2. The SMILES string of the molecule is CCCCCCCCCCCCCC(=O)[O-].CCCCCCCCCCCCCC(=O)[O-].[NH4+].[NH4+]. The van der Waals surface area contributed by atoms with Crippen LogP contribution in [0.2, 0.25) is 0 Å². The van der Waals surface area contributed by atoms with E-state index < -0.39 is 11.9 Å². The van der Waals surface area contributed by atoms with Crippen molar-refractivity contribution in [3.63, 3.8) is 0 Å². The standard InChI is InChI=1S/2C14H28O2.2H3N/c2*1-2-3-4-5-6-7-8-9-10-11-12-13-14(15)16;;/h2*2-13H2,1H3,(H,15,16);2*1H3. The molecule has 0 saturated carbocycles. The van der Waals surface area contributed by atoms with E-state index in [1.165, 1.54) is 116 Å². The van der Waals surface area contributed by atoms with Gasteiger partial charge in [0.05, 0.1) is 0 Å². The van der Waals surface area contributed by atoms with Gasteiger partial charge in [0.2, 0.25) is 0 Å². The lowest BCUT2D eigenvalue weighted by atomic mass is 10.1. The molecule has 0 aliphatic carbocycles. The third-order valence-electron chi connectivity index (χ3n) is 5.97. The fourth-order valence-electron chi connectivity index (χ4n) is 3.87. The van der Waals surface area contributed by atoms with Crippen molar-refractivity contribution in [3.8, 4) is 0 Å². The molecule has 0 aliphatic rings. The highest BCUT2D eigenvalue weighted by atomic mass is 16.4. The summed E-state index contributed by atoms with van der Waals surface area (Å²) in [7, 11) is 0. The van der Waals surface area contributed by atoms with E-state index in [0.717, 1.165) is 25.7 Å². The number of carbonyl (C=O) groups is 2. The molecule has 8 N–H and O–H groups in total. The molecule has 0 spiro atoms. The van der Waals surface area contributed by atoms with Crippen LogP contribution < -0.4 is 22.5 Å². The van der Waals surface area contributed by atoms with Crippen molar-refractivity contribution in [2.75, 3.05) is 0 Å². The first-order chi connectivity index (χ1) is 15.5. The molecule has 0 amide bonds. The van der Waals surface area contributed by atoms with E-state index in [0.29, 0.717) is 0 Å². The summed E-state index contributed by atoms with van der Waals surface area (Å²) in [6, 6.07) is 0. The second kappa shape index (κ2) is 36.4. The van der Waals surface area contributed by atoms with Gasteiger partial charge in [0.15, 0.2) is 0 Å². The number of hydrogen-bond donors (Lipinski definition) is 2. The zero-order valence-electron chi connectivity index (χ0n) is 23.6. The molecule has 0 aromatic carbocycles. The van der Waals surface area contributed by atoms with Crippen LogP contribution in [0.15, 0.2) is 0 Å². The largest absolute Gasteiger partial charge is 0.550 e. The van der Waals surface area contributed by atoms with Crippen LogP contribution in [-0.4, -0.2) is 11.9 Å². The van der Waals surface area contributed by atoms with Crippen LogP contribution in [0.5, 0.6) is 0 Å². The van der Waals surface area contributed by atoms with Crippen molar-refractivity contribution in [2.45, 2.75) is 168 Å². The van der Waals surface area contributed by atoms with E-state index in [9.17, 15) is 19.8 Å². The zero-order valence-corrected chi connectivity index (χ0v) is 23.6. The van der Waals surface area contributed by atoms with Gasteiger partial charge in [-0.3, -0.25) is 0 Å². The monoisotopic (exact) mass is 490 g/mol. The van der Waals surface area contributed by atoms with Crippen LogP contribution >= 0.6 is 0 Å². The number of unbranched alkanes of at least 4 members (excludes halogenated alkanes) is 20. The predicted octanol–water partition coefficient (Wildman–Crippen LogP) is 7.63. The minimum atomic E-state index is -0.907. The minimum absolute atomic E-state index is 0. The third-order valence-corrected chi connectivity index (χ3v) is 5.97. The zero-order chi connectivity index (χ0) is 24.1. The molecule has 6 nitrogen and oxygen atoms in total. The van der Waals surface area contributed by atoms with Crippen LogP contribution in [-0.2, 0) is 9.59 Å². The Hall–Kier alpha value is -1.14. The first-order valence-corrected chi connectivity index (χ1v) is 13.9. The Morgan fingerprint density at radius 1 is 0.382 bits per heavy atom. The maximum atomic E-state index is 10.1. The maximum Gasteiger partial charge on any atom is 0.0414 e. The van der Waals surface area contributed by atoms with Crippen molar-refractivity contribution in [1.82, 2.24) is 12.3 Å². The van der Waals surface area contributed by atoms with E-state index in [1.807, 2.05) is 0 Å². The molecule has 0 atom stereocenters. The van der Waals surface area contributed by atoms with Crippen LogP contribution in [0.3, 0.4) is 0 Å². The van der Waals surface area contributed by atoms with Gasteiger partial charge in [-0.05, 0) is 25.7 Å². The normalized spacial score (nSPS) is 9.94. The number of aliphatic carboxylic acids is 2. The second-order valence-electron chi connectivity index (χ2n) is 9.32. The lowest BCUT2D eigenvalue weighted by molar-refractivity contribution is -0.307. The highest BCUT2D eigenvalue weighted by molar-refractivity contribution is 5.64. The number of quaternary nitrogens is 2. The smallest absolute Gasteiger partial charge is 0.0414 e. The first kappa shape index (κ1) is 40.0. The fourth-order valence-corrected chi connectivity index (χ4v) is 3.87. The van der Waals surface area contributed by atoms with Crippen molar-refractivity contribution in [2.24, 2.45) is 0 Å². The van der Waals surface area contributed by atoms with Crippen LogP contribution in [0.25, 0.3) is 0 Å². The van der Waals surface area contributed by atoms with Gasteiger partial charge in [0, 0.05) is 11.9 Å². The summed E-state index contributed by atoms with van der Waals surface area (Å²) in [5.74, 6) is -1.81. The van der Waals surface area contributed by atoms with E-state index in [-0.39, 0.29) is 25.1 Å². The summed E-state index contributed by atoms with van der Waals surface area (Å²) in [6.45, 7) is 4.49. The van der Waals surface area contributed by atoms with Crippen LogP contribution in [0, 0.1) is 0 Å². The number of rotatable bonds is 24. The van der Waals surface area contributed by atoms with E-state index in [4.69, 9.17) is 0 Å². The number of carbonyl (C=O) groups excluding carboxylic acids is 2. The van der Waals surface area contributed by atoms with Gasteiger partial charge >= 0.3 is 0 Å². The second-order valence-corrected chi connectivity index (χ2v) is 9.32. The number of hydrogen-bond acceptors (Lipinski definition) is 4. The maximum absolute atomic E-state index is 10.1. The minimum Gasteiger partial charge on any atom is -0.550 e. The molecule has 0 unspecified atom stereocenters. The molecule has 0 aromatic rings. The van der Waals surface area contributed by atoms with E-state index in [1.54, 1.807) is 0 Å². The van der Waals surface area contributed by atoms with Gasteiger partial charge in [-0.15, -0.1) is 0 Å². The van der Waals surface area contributed by atoms with Gasteiger partial charge in [0.25, 0.3) is 0 Å². The Bertz CT molecular complexity index is 357.